The molecule has 4 fully saturated rings. The molecular weight excluding hydrogens is 456 g/mol. The van der Waals surface area contributed by atoms with Crippen molar-refractivity contribution in [3.05, 3.63) is 11.6 Å². The molecule has 0 unspecified atom stereocenters. The summed E-state index contributed by atoms with van der Waals surface area (Å²) in [6.07, 6.45) is 6.49. The maximum Gasteiger partial charge on any atom is 0.310 e. The van der Waals surface area contributed by atoms with Gasteiger partial charge in [-0.15, -0.1) is 0 Å². The summed E-state index contributed by atoms with van der Waals surface area (Å²) in [5.74, 6) is 0.354. The second-order valence-corrected chi connectivity index (χ2v) is 14.4. The van der Waals surface area contributed by atoms with Crippen molar-refractivity contribution in [3.63, 3.8) is 0 Å². The molecular formula is C30H48O6. The van der Waals surface area contributed by atoms with E-state index < -0.39 is 29.0 Å². The van der Waals surface area contributed by atoms with Gasteiger partial charge in [-0.25, -0.2) is 0 Å². The number of aliphatic carboxylic acids is 1. The summed E-state index contributed by atoms with van der Waals surface area (Å²) in [7, 11) is 0. The molecule has 0 saturated heterocycles. The second kappa shape index (κ2) is 8.27. The van der Waals surface area contributed by atoms with Crippen LogP contribution in [0, 0.1) is 56.7 Å². The Bertz CT molecular complexity index is 942. The zero-order valence-corrected chi connectivity index (χ0v) is 22.8. The van der Waals surface area contributed by atoms with Crippen molar-refractivity contribution in [1.29, 1.82) is 0 Å². The molecule has 5 rings (SSSR count). The van der Waals surface area contributed by atoms with Crippen LogP contribution in [-0.4, -0.2) is 56.9 Å². The van der Waals surface area contributed by atoms with Crippen molar-refractivity contribution in [3.8, 4) is 0 Å². The molecule has 204 valence electrons. The lowest BCUT2D eigenvalue weighted by Crippen LogP contribution is -2.69. The highest BCUT2D eigenvalue weighted by molar-refractivity contribution is 5.76. The molecule has 0 aromatic rings. The number of hydrogen-bond acceptors (Lipinski definition) is 5. The Kier molecular flexibility index (Phi) is 6.12. The molecule has 36 heavy (non-hydrogen) atoms. The van der Waals surface area contributed by atoms with E-state index in [0.717, 1.165) is 38.5 Å². The lowest BCUT2D eigenvalue weighted by molar-refractivity contribution is -0.257. The molecule has 0 amide bonds. The monoisotopic (exact) mass is 504 g/mol. The van der Waals surface area contributed by atoms with Crippen molar-refractivity contribution in [2.75, 3.05) is 13.2 Å². The van der Waals surface area contributed by atoms with Gasteiger partial charge in [-0.05, 0) is 97.2 Å². The molecule has 5 aliphatic carbocycles. The largest absolute Gasteiger partial charge is 0.481 e. The van der Waals surface area contributed by atoms with Gasteiger partial charge in [0.05, 0.1) is 30.8 Å². The predicted molar refractivity (Wildman–Crippen MR) is 137 cm³/mol. The Labute approximate surface area is 216 Å². The summed E-state index contributed by atoms with van der Waals surface area (Å²) in [5, 5.41) is 53.4. The fourth-order valence-corrected chi connectivity index (χ4v) is 11.1. The Morgan fingerprint density at radius 3 is 2.25 bits per heavy atom. The molecule has 0 aromatic heterocycles. The minimum absolute atomic E-state index is 0.0496. The number of aliphatic hydroxyl groups excluding tert-OH is 4. The van der Waals surface area contributed by atoms with E-state index in [1.807, 2.05) is 0 Å². The summed E-state index contributed by atoms with van der Waals surface area (Å²) >= 11 is 0. The third kappa shape index (κ3) is 2.96. The Hall–Kier alpha value is -0.950. The van der Waals surface area contributed by atoms with Crippen LogP contribution in [-0.2, 0) is 4.79 Å². The smallest absolute Gasteiger partial charge is 0.310 e. The first-order valence-corrected chi connectivity index (χ1v) is 14.3. The molecule has 0 radical (unpaired) electrons. The maximum atomic E-state index is 12.8. The van der Waals surface area contributed by atoms with Crippen molar-refractivity contribution in [2.45, 2.75) is 98.2 Å². The Balaban J connectivity index is 1.63. The standard InChI is InChI=1S/C30H48O6/c1-17-8-11-29(25(35)36)13-12-27(4)19(23(29)18(17)2)6-7-21-26(3)14-20(33)24(34)30(15-31,16-32)22(26)9-10-28(21,27)5/h6,17-18,20-24,31-34H,7-16H2,1-5H3,(H,35,36)/t17-,18+,20-,21-,22-,23+,24+,26-,27-,28-,29+/m1/s1. The molecule has 6 nitrogen and oxygen atoms in total. The van der Waals surface area contributed by atoms with E-state index >= 15 is 0 Å². The minimum Gasteiger partial charge on any atom is -0.481 e. The number of allylic oxidation sites excluding steroid dienone is 2. The van der Waals surface area contributed by atoms with E-state index in [1.54, 1.807) is 0 Å². The molecule has 0 aromatic carbocycles. The highest BCUT2D eigenvalue weighted by Crippen LogP contribution is 2.75. The topological polar surface area (TPSA) is 118 Å². The lowest BCUT2D eigenvalue weighted by Gasteiger charge is -2.71. The zero-order chi connectivity index (χ0) is 26.5. The van der Waals surface area contributed by atoms with Gasteiger partial charge in [-0.2, -0.15) is 0 Å². The average molecular weight is 505 g/mol. The normalized spacial score (nSPS) is 53.8. The quantitative estimate of drug-likeness (QED) is 0.371. The van der Waals surface area contributed by atoms with Crippen LogP contribution in [0.25, 0.3) is 0 Å². The summed E-state index contributed by atoms with van der Waals surface area (Å²) in [4.78, 5) is 12.8. The maximum absolute atomic E-state index is 12.8. The third-order valence-corrected chi connectivity index (χ3v) is 13.6. The molecule has 0 bridgehead atoms. The van der Waals surface area contributed by atoms with Crippen LogP contribution in [0.15, 0.2) is 11.6 Å². The predicted octanol–water partition coefficient (Wildman–Crippen LogP) is 4.01. The van der Waals surface area contributed by atoms with Gasteiger partial charge in [0, 0.05) is 5.41 Å². The molecule has 5 aliphatic rings. The van der Waals surface area contributed by atoms with Crippen molar-refractivity contribution in [1.82, 2.24) is 0 Å². The number of carbonyl (C=O) groups is 1. The number of carboxylic acids is 1. The van der Waals surface area contributed by atoms with E-state index in [2.05, 4.69) is 40.7 Å². The van der Waals surface area contributed by atoms with Crippen molar-refractivity contribution >= 4 is 5.97 Å². The number of aliphatic hydroxyl groups is 4. The summed E-state index contributed by atoms with van der Waals surface area (Å²) in [6, 6.07) is 0. The van der Waals surface area contributed by atoms with Gasteiger partial charge in [0.1, 0.15) is 0 Å². The number of hydrogen-bond donors (Lipinski definition) is 5. The molecule has 0 aliphatic heterocycles. The van der Waals surface area contributed by atoms with Crippen LogP contribution in [0.2, 0.25) is 0 Å². The number of fused-ring (bicyclic) bond motifs is 7. The van der Waals surface area contributed by atoms with Gasteiger partial charge in [0.2, 0.25) is 0 Å². The van der Waals surface area contributed by atoms with Gasteiger partial charge < -0.3 is 25.5 Å². The SMILES string of the molecule is C[C@H]1[C@H](C)CC[C@]2(C(=O)O)CC[C@]3(C)C(=CC[C@@H]4[C@@]5(C)C[C@@H](O)[C@H](O)C(CO)(CO)[C@@H]5CC[C@]43C)[C@H]12. The summed E-state index contributed by atoms with van der Waals surface area (Å²) in [6.45, 7) is 10.8. The van der Waals surface area contributed by atoms with Gasteiger partial charge in [0.15, 0.2) is 0 Å². The zero-order valence-electron chi connectivity index (χ0n) is 22.8. The second-order valence-electron chi connectivity index (χ2n) is 14.4. The van der Waals surface area contributed by atoms with E-state index in [0.29, 0.717) is 24.7 Å². The van der Waals surface area contributed by atoms with E-state index in [4.69, 9.17) is 0 Å². The highest BCUT2D eigenvalue weighted by atomic mass is 16.4. The van der Waals surface area contributed by atoms with Gasteiger partial charge >= 0.3 is 5.97 Å². The molecule has 4 saturated carbocycles. The Morgan fingerprint density at radius 1 is 0.972 bits per heavy atom. The van der Waals surface area contributed by atoms with Crippen molar-refractivity contribution < 1.29 is 30.3 Å². The number of carboxylic acid groups (broad SMARTS) is 1. The third-order valence-electron chi connectivity index (χ3n) is 13.6. The first kappa shape index (κ1) is 26.6. The number of rotatable bonds is 3. The molecule has 5 N–H and O–H groups in total. The fraction of sp³-hybridized carbons (Fsp3) is 0.900. The lowest BCUT2D eigenvalue weighted by atomic mass is 9.33. The van der Waals surface area contributed by atoms with Gasteiger partial charge in [0.25, 0.3) is 0 Å². The minimum atomic E-state index is -1.14. The van der Waals surface area contributed by atoms with Gasteiger partial charge in [-0.3, -0.25) is 4.79 Å². The van der Waals surface area contributed by atoms with Crippen LogP contribution in [0.1, 0.15) is 86.0 Å². The summed E-state index contributed by atoms with van der Waals surface area (Å²) < 4.78 is 0. The average Bonchev–Trinajstić information content (AvgIpc) is 2.83. The van der Waals surface area contributed by atoms with Crippen LogP contribution in [0.4, 0.5) is 0 Å². The van der Waals surface area contributed by atoms with E-state index in [1.165, 1.54) is 5.57 Å². The molecule has 0 heterocycles. The van der Waals surface area contributed by atoms with Crippen LogP contribution in [0.3, 0.4) is 0 Å². The van der Waals surface area contributed by atoms with Gasteiger partial charge in [-0.1, -0.05) is 46.3 Å². The van der Waals surface area contributed by atoms with Crippen molar-refractivity contribution in [2.24, 2.45) is 56.7 Å². The van der Waals surface area contributed by atoms with Crippen LogP contribution < -0.4 is 0 Å². The van der Waals surface area contributed by atoms with E-state index in [9.17, 15) is 30.3 Å². The Morgan fingerprint density at radius 2 is 1.64 bits per heavy atom. The van der Waals surface area contributed by atoms with E-state index in [-0.39, 0.29) is 47.2 Å². The highest BCUT2D eigenvalue weighted by Gasteiger charge is 2.71. The first-order valence-electron chi connectivity index (χ1n) is 14.3. The fourth-order valence-electron chi connectivity index (χ4n) is 11.1. The molecule has 6 heteroatoms. The molecule has 0 spiro atoms. The molecule has 11 atom stereocenters. The van der Waals surface area contributed by atoms with Crippen LogP contribution in [0.5, 0.6) is 0 Å². The summed E-state index contributed by atoms with van der Waals surface area (Å²) in [5.41, 5.74) is -1.00. The first-order chi connectivity index (χ1) is 16.8. The van der Waals surface area contributed by atoms with Crippen LogP contribution >= 0.6 is 0 Å².